The average molecular weight is 384 g/mol. The Morgan fingerprint density at radius 3 is 2.62 bits per heavy atom. The van der Waals surface area contributed by atoms with Gasteiger partial charge in [-0.05, 0) is 36.2 Å². The number of halogens is 2. The van der Waals surface area contributed by atoms with Crippen molar-refractivity contribution in [2.45, 2.75) is 20.0 Å². The SMILES string of the molecule is COc1cc(CCNC(=O)c2ccc(NC(C)=O)s2)ccc1OC(F)F. The Morgan fingerprint density at radius 2 is 1.96 bits per heavy atom. The number of hydrogen-bond donors (Lipinski definition) is 2. The number of carbonyl (C=O) groups excluding carboxylic acids is 2. The van der Waals surface area contributed by atoms with E-state index in [0.717, 1.165) is 5.56 Å². The summed E-state index contributed by atoms with van der Waals surface area (Å²) in [5.74, 6) is -0.296. The van der Waals surface area contributed by atoms with Crippen LogP contribution in [0, 0.1) is 0 Å². The minimum absolute atomic E-state index is 0.0422. The minimum atomic E-state index is -2.93. The summed E-state index contributed by atoms with van der Waals surface area (Å²) in [4.78, 5) is 23.6. The maximum Gasteiger partial charge on any atom is 0.387 e. The van der Waals surface area contributed by atoms with Crippen molar-refractivity contribution in [3.63, 3.8) is 0 Å². The third-order valence-electron chi connectivity index (χ3n) is 3.27. The van der Waals surface area contributed by atoms with Gasteiger partial charge in [0.2, 0.25) is 5.91 Å². The molecule has 6 nitrogen and oxygen atoms in total. The van der Waals surface area contributed by atoms with E-state index < -0.39 is 6.61 Å². The molecule has 1 aromatic carbocycles. The Balaban J connectivity index is 1.89. The van der Waals surface area contributed by atoms with E-state index in [4.69, 9.17) is 4.74 Å². The van der Waals surface area contributed by atoms with Crippen LogP contribution in [0.5, 0.6) is 11.5 Å². The number of amides is 2. The number of hydrogen-bond acceptors (Lipinski definition) is 5. The van der Waals surface area contributed by atoms with Gasteiger partial charge in [0.05, 0.1) is 17.0 Å². The predicted molar refractivity (Wildman–Crippen MR) is 94.3 cm³/mol. The van der Waals surface area contributed by atoms with Crippen molar-refractivity contribution in [3.8, 4) is 11.5 Å². The number of thiophene rings is 1. The van der Waals surface area contributed by atoms with Gasteiger partial charge in [-0.2, -0.15) is 8.78 Å². The van der Waals surface area contributed by atoms with E-state index in [1.807, 2.05) is 0 Å². The monoisotopic (exact) mass is 384 g/mol. The van der Waals surface area contributed by atoms with Crippen molar-refractivity contribution in [3.05, 3.63) is 40.8 Å². The third kappa shape index (κ3) is 5.69. The predicted octanol–water partition coefficient (Wildman–Crippen LogP) is 3.29. The molecule has 0 saturated carbocycles. The van der Waals surface area contributed by atoms with Crippen molar-refractivity contribution in [1.82, 2.24) is 5.32 Å². The van der Waals surface area contributed by atoms with Crippen molar-refractivity contribution < 1.29 is 27.8 Å². The molecule has 0 radical (unpaired) electrons. The molecule has 0 spiro atoms. The molecule has 0 bridgehead atoms. The van der Waals surface area contributed by atoms with Crippen molar-refractivity contribution in [1.29, 1.82) is 0 Å². The molecule has 2 aromatic rings. The Morgan fingerprint density at radius 1 is 1.19 bits per heavy atom. The Labute approximate surface area is 153 Å². The summed E-state index contributed by atoms with van der Waals surface area (Å²) in [6.07, 6.45) is 0.487. The third-order valence-corrected chi connectivity index (χ3v) is 4.27. The van der Waals surface area contributed by atoms with Gasteiger partial charge < -0.3 is 20.1 Å². The zero-order valence-electron chi connectivity index (χ0n) is 14.2. The van der Waals surface area contributed by atoms with Gasteiger partial charge in [0.1, 0.15) is 0 Å². The first-order valence-corrected chi connectivity index (χ1v) is 8.48. The Hall–Kier alpha value is -2.68. The lowest BCUT2D eigenvalue weighted by atomic mass is 10.1. The van der Waals surface area contributed by atoms with Crippen molar-refractivity contribution in [2.24, 2.45) is 0 Å². The summed E-state index contributed by atoms with van der Waals surface area (Å²) in [5, 5.41) is 5.98. The van der Waals surface area contributed by atoms with Crippen LogP contribution in [0.25, 0.3) is 0 Å². The van der Waals surface area contributed by atoms with E-state index in [2.05, 4.69) is 15.4 Å². The van der Waals surface area contributed by atoms with Gasteiger partial charge in [-0.3, -0.25) is 9.59 Å². The molecule has 0 aliphatic rings. The van der Waals surface area contributed by atoms with Crippen LogP contribution in [0.2, 0.25) is 0 Å². The van der Waals surface area contributed by atoms with Gasteiger partial charge in [-0.15, -0.1) is 11.3 Å². The number of nitrogens with one attached hydrogen (secondary N) is 2. The molecule has 1 heterocycles. The van der Waals surface area contributed by atoms with Crippen LogP contribution < -0.4 is 20.1 Å². The highest BCUT2D eigenvalue weighted by Crippen LogP contribution is 2.29. The number of alkyl halides is 2. The van der Waals surface area contributed by atoms with E-state index in [9.17, 15) is 18.4 Å². The summed E-state index contributed by atoms with van der Waals surface area (Å²) in [5.41, 5.74) is 0.800. The lowest BCUT2D eigenvalue weighted by Gasteiger charge is -2.11. The van der Waals surface area contributed by atoms with Gasteiger partial charge in [0.15, 0.2) is 11.5 Å². The van der Waals surface area contributed by atoms with Crippen LogP contribution in [0.15, 0.2) is 30.3 Å². The second-order valence-electron chi connectivity index (χ2n) is 5.21. The van der Waals surface area contributed by atoms with E-state index in [0.29, 0.717) is 22.8 Å². The van der Waals surface area contributed by atoms with E-state index in [-0.39, 0.29) is 23.3 Å². The van der Waals surface area contributed by atoms with Crippen LogP contribution in [0.3, 0.4) is 0 Å². The first-order valence-electron chi connectivity index (χ1n) is 7.66. The van der Waals surface area contributed by atoms with Crippen LogP contribution in [0.4, 0.5) is 13.8 Å². The Bertz CT molecular complexity index is 780. The summed E-state index contributed by atoms with van der Waals surface area (Å²) >= 11 is 1.18. The number of ether oxygens (including phenoxy) is 2. The maximum absolute atomic E-state index is 12.3. The molecule has 26 heavy (non-hydrogen) atoms. The molecular formula is C17H18F2N2O4S. The number of carbonyl (C=O) groups is 2. The second kappa shape index (κ2) is 9.14. The van der Waals surface area contributed by atoms with Crippen LogP contribution in [0.1, 0.15) is 22.2 Å². The van der Waals surface area contributed by atoms with E-state index >= 15 is 0 Å². The molecule has 2 N–H and O–H groups in total. The second-order valence-corrected chi connectivity index (χ2v) is 6.30. The minimum Gasteiger partial charge on any atom is -0.493 e. The Kier molecular flexibility index (Phi) is 6.90. The van der Waals surface area contributed by atoms with E-state index in [1.54, 1.807) is 24.3 Å². The summed E-state index contributed by atoms with van der Waals surface area (Å²) in [6, 6.07) is 7.91. The maximum atomic E-state index is 12.3. The van der Waals surface area contributed by atoms with Crippen LogP contribution >= 0.6 is 11.3 Å². The molecule has 0 unspecified atom stereocenters. The molecular weight excluding hydrogens is 366 g/mol. The first-order chi connectivity index (χ1) is 12.4. The topological polar surface area (TPSA) is 76.7 Å². The van der Waals surface area contributed by atoms with Gasteiger partial charge in [0, 0.05) is 13.5 Å². The van der Waals surface area contributed by atoms with E-state index in [1.165, 1.54) is 31.4 Å². The molecule has 140 valence electrons. The van der Waals surface area contributed by atoms with Gasteiger partial charge in [-0.25, -0.2) is 0 Å². The zero-order valence-corrected chi connectivity index (χ0v) is 15.0. The zero-order chi connectivity index (χ0) is 19.1. The van der Waals surface area contributed by atoms with Gasteiger partial charge in [-0.1, -0.05) is 6.07 Å². The number of benzene rings is 1. The molecule has 9 heteroatoms. The molecule has 0 aliphatic heterocycles. The quantitative estimate of drug-likeness (QED) is 0.732. The highest BCUT2D eigenvalue weighted by atomic mass is 32.1. The summed E-state index contributed by atoms with van der Waals surface area (Å²) in [7, 11) is 1.36. The standard InChI is InChI=1S/C17H18F2N2O4S/c1-10(22)21-15-6-5-14(26-15)16(23)20-8-7-11-3-4-12(25-17(18)19)13(9-11)24-2/h3-6,9,17H,7-8H2,1-2H3,(H,20,23)(H,21,22). The molecule has 1 aromatic heterocycles. The highest BCUT2D eigenvalue weighted by molar-refractivity contribution is 7.18. The number of rotatable bonds is 8. The number of methoxy groups -OCH3 is 1. The van der Waals surface area contributed by atoms with Crippen molar-refractivity contribution in [2.75, 3.05) is 19.0 Å². The van der Waals surface area contributed by atoms with Gasteiger partial charge >= 0.3 is 6.61 Å². The van der Waals surface area contributed by atoms with Crippen molar-refractivity contribution >= 4 is 28.2 Å². The fourth-order valence-electron chi connectivity index (χ4n) is 2.17. The average Bonchev–Trinajstić information content (AvgIpc) is 3.03. The lowest BCUT2D eigenvalue weighted by Crippen LogP contribution is -2.24. The molecule has 0 atom stereocenters. The molecule has 0 saturated heterocycles. The summed E-state index contributed by atoms with van der Waals surface area (Å²) in [6.45, 7) is -1.18. The largest absolute Gasteiger partial charge is 0.493 e. The normalized spacial score (nSPS) is 10.5. The first kappa shape index (κ1) is 19.6. The number of anilines is 1. The fraction of sp³-hybridized carbons (Fsp3) is 0.294. The van der Waals surface area contributed by atoms with Gasteiger partial charge in [0.25, 0.3) is 5.91 Å². The summed E-state index contributed by atoms with van der Waals surface area (Å²) < 4.78 is 34.0. The highest BCUT2D eigenvalue weighted by Gasteiger charge is 2.12. The van der Waals surface area contributed by atoms with Crippen LogP contribution in [-0.4, -0.2) is 32.1 Å². The molecule has 0 fully saturated rings. The molecule has 2 rings (SSSR count). The smallest absolute Gasteiger partial charge is 0.387 e. The molecule has 2 amide bonds. The lowest BCUT2D eigenvalue weighted by molar-refractivity contribution is -0.114. The molecule has 0 aliphatic carbocycles. The van der Waals surface area contributed by atoms with Crippen LogP contribution in [-0.2, 0) is 11.2 Å². The fourth-order valence-corrected chi connectivity index (χ4v) is 3.04.